The van der Waals surface area contributed by atoms with Gasteiger partial charge in [-0.05, 0) is 87.5 Å². The molecule has 1 atom stereocenters. The largest absolute Gasteiger partial charge is 0.493 e. The number of amides is 1. The van der Waals surface area contributed by atoms with Crippen LogP contribution in [0, 0.1) is 0 Å². The van der Waals surface area contributed by atoms with Crippen LogP contribution in [0.25, 0.3) is 10.9 Å². The van der Waals surface area contributed by atoms with Crippen molar-refractivity contribution < 1.29 is 9.53 Å². The molecule has 1 unspecified atom stereocenters. The molecule has 2 aromatic heterocycles. The van der Waals surface area contributed by atoms with Gasteiger partial charge in [-0.1, -0.05) is 25.5 Å². The molecule has 2 aromatic carbocycles. The van der Waals surface area contributed by atoms with Crippen LogP contribution in [0.5, 0.6) is 5.75 Å². The van der Waals surface area contributed by atoms with Gasteiger partial charge < -0.3 is 19.9 Å². The summed E-state index contributed by atoms with van der Waals surface area (Å²) in [6.07, 6.45) is 10.3. The van der Waals surface area contributed by atoms with Gasteiger partial charge in [0.25, 0.3) is 5.91 Å². The fraction of sp³-hybridized carbons (Fsp3) is 0.419. The molecule has 5 rings (SSSR count). The quantitative estimate of drug-likeness (QED) is 0.256. The lowest BCUT2D eigenvalue weighted by molar-refractivity contribution is 0.102. The number of nitrogens with one attached hydrogen (secondary N) is 2. The minimum atomic E-state index is -0.147. The van der Waals surface area contributed by atoms with Crippen LogP contribution in [0.3, 0.4) is 0 Å². The number of aryl methyl sites for hydroxylation is 3. The number of aromatic nitrogens is 3. The van der Waals surface area contributed by atoms with Crippen LogP contribution in [0.4, 0.5) is 5.69 Å². The highest BCUT2D eigenvalue weighted by atomic mass is 16.5. The van der Waals surface area contributed by atoms with Crippen LogP contribution in [0.15, 0.2) is 54.9 Å². The van der Waals surface area contributed by atoms with Crippen LogP contribution in [0.2, 0.25) is 0 Å². The molecule has 4 aromatic rings. The minimum absolute atomic E-state index is 0.147. The van der Waals surface area contributed by atoms with Crippen molar-refractivity contribution in [1.29, 1.82) is 0 Å². The maximum Gasteiger partial charge on any atom is 0.259 e. The molecule has 0 bridgehead atoms. The van der Waals surface area contributed by atoms with Gasteiger partial charge in [-0.2, -0.15) is 5.10 Å². The molecule has 200 valence electrons. The monoisotopic (exact) mass is 513 g/mol. The topological polar surface area (TPSA) is 73.1 Å². The number of fused-ring (bicyclic) bond motifs is 3. The average molecular weight is 514 g/mol. The van der Waals surface area contributed by atoms with E-state index >= 15 is 0 Å². The summed E-state index contributed by atoms with van der Waals surface area (Å²) >= 11 is 0. The van der Waals surface area contributed by atoms with Gasteiger partial charge in [-0.25, -0.2) is 0 Å². The summed E-state index contributed by atoms with van der Waals surface area (Å²) in [6, 6.07) is 14.3. The number of unbranched alkanes of at least 4 members (excludes halogenated alkanes) is 1. The molecule has 0 spiro atoms. The van der Waals surface area contributed by atoms with Gasteiger partial charge >= 0.3 is 0 Å². The summed E-state index contributed by atoms with van der Waals surface area (Å²) in [7, 11) is 2.05. The van der Waals surface area contributed by atoms with Crippen molar-refractivity contribution in [1.82, 2.24) is 19.7 Å². The number of ether oxygens (including phenoxy) is 1. The highest BCUT2D eigenvalue weighted by Crippen LogP contribution is 2.34. The third-order valence-corrected chi connectivity index (χ3v) is 7.65. The molecular formula is C31H39N5O2. The molecule has 2 heterocycles. The molecule has 0 fully saturated rings. The fourth-order valence-electron chi connectivity index (χ4n) is 5.48. The molecule has 0 saturated carbocycles. The number of likely N-dealkylation sites (N-methyl/N-ethyl adjacent to an activating group) is 1. The Labute approximate surface area is 225 Å². The van der Waals surface area contributed by atoms with Gasteiger partial charge in [0.2, 0.25) is 0 Å². The first-order chi connectivity index (χ1) is 18.6. The number of rotatable bonds is 11. The molecule has 0 aliphatic heterocycles. The summed E-state index contributed by atoms with van der Waals surface area (Å²) in [5, 5.41) is 12.3. The number of para-hydroxylation sites is 1. The van der Waals surface area contributed by atoms with E-state index in [0.717, 1.165) is 57.3 Å². The first kappa shape index (κ1) is 26.0. The SMILES string of the molecule is CCCCOc1ccccc1C(=O)Nc1ccc2c(c1)c1c(n2CCc2cnn(CC)c2)CCC(NC)C1. The molecule has 7 heteroatoms. The Balaban J connectivity index is 1.42. The number of carbonyl (C=O) groups excluding carboxylic acids is 1. The van der Waals surface area contributed by atoms with Crippen LogP contribution < -0.4 is 15.4 Å². The van der Waals surface area contributed by atoms with Crippen molar-refractivity contribution >= 4 is 22.5 Å². The lowest BCUT2D eigenvalue weighted by Gasteiger charge is -2.23. The molecule has 1 amide bonds. The maximum atomic E-state index is 13.3. The zero-order valence-electron chi connectivity index (χ0n) is 22.8. The standard InChI is InChI=1S/C31H39N5O2/c1-4-6-17-38-30-10-8-7-9-25(30)31(37)34-24-12-14-29-27(19-24)26-18-23(32-3)11-13-28(26)36(29)16-15-22-20-33-35(5-2)21-22/h7-10,12,14,19-21,23,32H,4-6,11,13,15-18H2,1-3H3,(H,34,37). The van der Waals surface area contributed by atoms with E-state index in [1.165, 1.54) is 27.7 Å². The fourth-order valence-corrected chi connectivity index (χ4v) is 5.48. The lowest BCUT2D eigenvalue weighted by atomic mass is 9.91. The summed E-state index contributed by atoms with van der Waals surface area (Å²) < 4.78 is 10.4. The van der Waals surface area contributed by atoms with Crippen molar-refractivity contribution in [3.8, 4) is 5.75 Å². The molecule has 38 heavy (non-hydrogen) atoms. The van der Waals surface area contributed by atoms with Crippen LogP contribution in [0.1, 0.15) is 60.3 Å². The van der Waals surface area contributed by atoms with E-state index in [2.05, 4.69) is 52.5 Å². The second kappa shape index (κ2) is 11.9. The number of nitrogens with zero attached hydrogens (tertiary/aromatic N) is 3. The molecule has 0 saturated heterocycles. The Kier molecular flexibility index (Phi) is 8.13. The van der Waals surface area contributed by atoms with E-state index in [1.54, 1.807) is 0 Å². The van der Waals surface area contributed by atoms with E-state index in [4.69, 9.17) is 4.74 Å². The van der Waals surface area contributed by atoms with Crippen molar-refractivity contribution in [2.45, 2.75) is 71.5 Å². The van der Waals surface area contributed by atoms with E-state index in [9.17, 15) is 4.79 Å². The zero-order valence-corrected chi connectivity index (χ0v) is 22.8. The van der Waals surface area contributed by atoms with Gasteiger partial charge in [0.05, 0.1) is 18.4 Å². The Morgan fingerprint density at radius 2 is 2.05 bits per heavy atom. The van der Waals surface area contributed by atoms with E-state index < -0.39 is 0 Å². The molecule has 7 nitrogen and oxygen atoms in total. The normalized spacial score (nSPS) is 15.0. The highest BCUT2D eigenvalue weighted by Gasteiger charge is 2.25. The van der Waals surface area contributed by atoms with Crippen LogP contribution in [-0.4, -0.2) is 40.0 Å². The molecule has 0 radical (unpaired) electrons. The molecule has 1 aliphatic carbocycles. The first-order valence-corrected chi connectivity index (χ1v) is 14.0. The van der Waals surface area contributed by atoms with Gasteiger partial charge in [0.1, 0.15) is 5.75 Å². The van der Waals surface area contributed by atoms with Crippen LogP contribution in [-0.2, 0) is 32.4 Å². The maximum absolute atomic E-state index is 13.3. The summed E-state index contributed by atoms with van der Waals surface area (Å²) in [4.78, 5) is 13.3. The Hall–Kier alpha value is -3.58. The van der Waals surface area contributed by atoms with Gasteiger partial charge in [-0.3, -0.25) is 9.48 Å². The third-order valence-electron chi connectivity index (χ3n) is 7.65. The minimum Gasteiger partial charge on any atom is -0.493 e. The third kappa shape index (κ3) is 5.48. The van der Waals surface area contributed by atoms with Gasteiger partial charge in [0, 0.05) is 47.6 Å². The predicted octanol–water partition coefficient (Wildman–Crippen LogP) is 5.61. The van der Waals surface area contributed by atoms with Crippen molar-refractivity contribution in [3.05, 3.63) is 77.2 Å². The predicted molar refractivity (Wildman–Crippen MR) is 153 cm³/mol. The van der Waals surface area contributed by atoms with Gasteiger partial charge in [0.15, 0.2) is 0 Å². The number of benzene rings is 2. The van der Waals surface area contributed by atoms with E-state index in [0.29, 0.717) is 24.0 Å². The molecule has 2 N–H and O–H groups in total. The molecule has 1 aliphatic rings. The second-order valence-corrected chi connectivity index (χ2v) is 10.1. The van der Waals surface area contributed by atoms with E-state index in [1.807, 2.05) is 48.3 Å². The Bertz CT molecular complexity index is 1400. The van der Waals surface area contributed by atoms with Gasteiger partial charge in [-0.15, -0.1) is 0 Å². The van der Waals surface area contributed by atoms with Crippen molar-refractivity contribution in [2.75, 3.05) is 19.0 Å². The average Bonchev–Trinajstić information content (AvgIpc) is 3.54. The van der Waals surface area contributed by atoms with Crippen LogP contribution >= 0.6 is 0 Å². The Morgan fingerprint density at radius 3 is 2.84 bits per heavy atom. The molecular weight excluding hydrogens is 474 g/mol. The number of anilines is 1. The van der Waals surface area contributed by atoms with Crippen molar-refractivity contribution in [2.24, 2.45) is 0 Å². The number of hydrogen-bond acceptors (Lipinski definition) is 4. The second-order valence-electron chi connectivity index (χ2n) is 10.1. The lowest BCUT2D eigenvalue weighted by Crippen LogP contribution is -2.31. The number of carbonyl (C=O) groups is 1. The highest BCUT2D eigenvalue weighted by molar-refractivity contribution is 6.07. The van der Waals surface area contributed by atoms with Crippen molar-refractivity contribution in [3.63, 3.8) is 0 Å². The summed E-state index contributed by atoms with van der Waals surface area (Å²) in [5.41, 5.74) is 6.68. The first-order valence-electron chi connectivity index (χ1n) is 14.0. The summed E-state index contributed by atoms with van der Waals surface area (Å²) in [6.45, 7) is 6.65. The Morgan fingerprint density at radius 1 is 1.18 bits per heavy atom. The van der Waals surface area contributed by atoms with E-state index in [-0.39, 0.29) is 5.91 Å². The zero-order chi connectivity index (χ0) is 26.5. The smallest absolute Gasteiger partial charge is 0.259 e. The number of hydrogen-bond donors (Lipinski definition) is 2. The summed E-state index contributed by atoms with van der Waals surface area (Å²) in [5.74, 6) is 0.483.